The van der Waals surface area contributed by atoms with Crippen molar-refractivity contribution in [2.45, 2.75) is 20.3 Å². The largest absolute Gasteiger partial charge is 0.396 e. The van der Waals surface area contributed by atoms with Gasteiger partial charge in [-0.2, -0.15) is 0 Å². The minimum Gasteiger partial charge on any atom is -0.396 e. The lowest BCUT2D eigenvalue weighted by atomic mass is 9.83. The summed E-state index contributed by atoms with van der Waals surface area (Å²) < 4.78 is 0. The van der Waals surface area contributed by atoms with E-state index < -0.39 is 0 Å². The molecule has 0 aromatic rings. The molecule has 0 unspecified atom stereocenters. The van der Waals surface area contributed by atoms with Gasteiger partial charge in [-0.3, -0.25) is 0 Å². The SMILES string of the molecule is CC1(C)C=C(CO)C[C@H]1CO. The Morgan fingerprint density at radius 3 is 2.45 bits per heavy atom. The Balaban J connectivity index is 2.69. The van der Waals surface area contributed by atoms with Crippen LogP contribution in [0.2, 0.25) is 0 Å². The summed E-state index contributed by atoms with van der Waals surface area (Å²) in [6.45, 7) is 4.54. The van der Waals surface area contributed by atoms with Crippen molar-refractivity contribution in [2.75, 3.05) is 13.2 Å². The lowest BCUT2D eigenvalue weighted by Gasteiger charge is -2.23. The van der Waals surface area contributed by atoms with Crippen molar-refractivity contribution in [3.63, 3.8) is 0 Å². The molecule has 0 radical (unpaired) electrons. The molecule has 0 fully saturated rings. The monoisotopic (exact) mass is 156 g/mol. The molecule has 1 atom stereocenters. The standard InChI is InChI=1S/C9H16O2/c1-9(2)4-7(5-10)3-8(9)6-11/h4,8,10-11H,3,5-6H2,1-2H3/t8-/m0/s1. The molecule has 0 spiro atoms. The zero-order chi connectivity index (χ0) is 8.48. The first kappa shape index (κ1) is 8.75. The molecule has 0 heterocycles. The molecule has 0 saturated carbocycles. The van der Waals surface area contributed by atoms with Crippen LogP contribution in [0.25, 0.3) is 0 Å². The Morgan fingerprint density at radius 1 is 1.55 bits per heavy atom. The van der Waals surface area contributed by atoms with Crippen LogP contribution in [0.4, 0.5) is 0 Å². The molecule has 0 saturated heterocycles. The van der Waals surface area contributed by atoms with Crippen molar-refractivity contribution in [3.8, 4) is 0 Å². The summed E-state index contributed by atoms with van der Waals surface area (Å²) >= 11 is 0. The molecule has 0 aliphatic heterocycles. The minimum atomic E-state index is 0.0623. The summed E-state index contributed by atoms with van der Waals surface area (Å²) in [6, 6.07) is 0. The summed E-state index contributed by atoms with van der Waals surface area (Å²) in [7, 11) is 0. The molecule has 0 bridgehead atoms. The fourth-order valence-corrected chi connectivity index (χ4v) is 1.69. The van der Waals surface area contributed by atoms with Gasteiger partial charge in [0.25, 0.3) is 0 Å². The van der Waals surface area contributed by atoms with Crippen LogP contribution in [0, 0.1) is 11.3 Å². The molecular formula is C9H16O2. The van der Waals surface area contributed by atoms with E-state index >= 15 is 0 Å². The maximum atomic E-state index is 9.00. The van der Waals surface area contributed by atoms with E-state index in [2.05, 4.69) is 19.9 Å². The average molecular weight is 156 g/mol. The Labute approximate surface area is 67.6 Å². The summed E-state index contributed by atoms with van der Waals surface area (Å²) in [4.78, 5) is 0. The van der Waals surface area contributed by atoms with Gasteiger partial charge < -0.3 is 10.2 Å². The number of allylic oxidation sites excluding steroid dienone is 1. The molecule has 0 aromatic carbocycles. The Morgan fingerprint density at radius 2 is 2.18 bits per heavy atom. The van der Waals surface area contributed by atoms with E-state index in [-0.39, 0.29) is 18.6 Å². The maximum absolute atomic E-state index is 9.00. The average Bonchev–Trinajstić information content (AvgIpc) is 2.24. The third kappa shape index (κ3) is 1.63. The highest BCUT2D eigenvalue weighted by molar-refractivity contribution is 5.18. The van der Waals surface area contributed by atoms with Crippen molar-refractivity contribution in [1.29, 1.82) is 0 Å². The highest BCUT2D eigenvalue weighted by Crippen LogP contribution is 2.40. The van der Waals surface area contributed by atoms with E-state index in [0.29, 0.717) is 5.92 Å². The van der Waals surface area contributed by atoms with Crippen LogP contribution in [-0.4, -0.2) is 23.4 Å². The first-order chi connectivity index (χ1) is 5.10. The normalized spacial score (nSPS) is 28.7. The third-order valence-corrected chi connectivity index (χ3v) is 2.56. The maximum Gasteiger partial charge on any atom is 0.0642 e. The van der Waals surface area contributed by atoms with E-state index in [4.69, 9.17) is 10.2 Å². The summed E-state index contributed by atoms with van der Waals surface area (Å²) in [6.07, 6.45) is 2.92. The van der Waals surface area contributed by atoms with E-state index in [1.807, 2.05) is 0 Å². The Kier molecular flexibility index (Phi) is 2.35. The zero-order valence-corrected chi connectivity index (χ0v) is 7.17. The first-order valence-electron chi connectivity index (χ1n) is 4.02. The van der Waals surface area contributed by atoms with Crippen LogP contribution in [0.1, 0.15) is 20.3 Å². The molecule has 1 rings (SSSR count). The minimum absolute atomic E-state index is 0.0623. The molecule has 1 aliphatic carbocycles. The first-order valence-corrected chi connectivity index (χ1v) is 4.02. The van der Waals surface area contributed by atoms with Crippen molar-refractivity contribution >= 4 is 0 Å². The molecule has 11 heavy (non-hydrogen) atoms. The van der Waals surface area contributed by atoms with Gasteiger partial charge in [0, 0.05) is 6.61 Å². The molecule has 64 valence electrons. The van der Waals surface area contributed by atoms with Crippen LogP contribution >= 0.6 is 0 Å². The van der Waals surface area contributed by atoms with Gasteiger partial charge in [0.05, 0.1) is 6.61 Å². The lowest BCUT2D eigenvalue weighted by molar-refractivity contribution is 0.162. The van der Waals surface area contributed by atoms with Crippen molar-refractivity contribution < 1.29 is 10.2 Å². The van der Waals surface area contributed by atoms with Crippen molar-refractivity contribution in [3.05, 3.63) is 11.6 Å². The van der Waals surface area contributed by atoms with E-state index in [1.165, 1.54) is 0 Å². The molecule has 1 aliphatic rings. The number of rotatable bonds is 2. The highest BCUT2D eigenvalue weighted by atomic mass is 16.3. The van der Waals surface area contributed by atoms with Crippen molar-refractivity contribution in [1.82, 2.24) is 0 Å². The molecule has 0 aromatic heterocycles. The predicted molar refractivity (Wildman–Crippen MR) is 44.1 cm³/mol. The molecule has 2 nitrogen and oxygen atoms in total. The number of aliphatic hydroxyl groups is 2. The summed E-state index contributed by atoms with van der Waals surface area (Å²) in [5.74, 6) is 0.296. The van der Waals surface area contributed by atoms with Gasteiger partial charge in [-0.05, 0) is 23.3 Å². The topological polar surface area (TPSA) is 40.5 Å². The summed E-state index contributed by atoms with van der Waals surface area (Å²) in [5.41, 5.74) is 1.13. The molecule has 2 N–H and O–H groups in total. The van der Waals surface area contributed by atoms with Crippen LogP contribution in [0.15, 0.2) is 11.6 Å². The second kappa shape index (κ2) is 2.95. The number of aliphatic hydroxyl groups excluding tert-OH is 2. The quantitative estimate of drug-likeness (QED) is 0.584. The van der Waals surface area contributed by atoms with Crippen LogP contribution in [0.3, 0.4) is 0 Å². The van der Waals surface area contributed by atoms with Gasteiger partial charge in [0.15, 0.2) is 0 Å². The predicted octanol–water partition coefficient (Wildman–Crippen LogP) is 0.944. The van der Waals surface area contributed by atoms with Crippen molar-refractivity contribution in [2.24, 2.45) is 11.3 Å². The van der Waals surface area contributed by atoms with E-state index in [1.54, 1.807) is 0 Å². The van der Waals surface area contributed by atoms with Crippen LogP contribution in [-0.2, 0) is 0 Å². The van der Waals surface area contributed by atoms with Gasteiger partial charge >= 0.3 is 0 Å². The van der Waals surface area contributed by atoms with Gasteiger partial charge in [-0.15, -0.1) is 0 Å². The van der Waals surface area contributed by atoms with Gasteiger partial charge in [0.1, 0.15) is 0 Å². The number of hydrogen-bond acceptors (Lipinski definition) is 2. The molecular weight excluding hydrogens is 140 g/mol. The third-order valence-electron chi connectivity index (χ3n) is 2.56. The zero-order valence-electron chi connectivity index (χ0n) is 7.17. The lowest BCUT2D eigenvalue weighted by Crippen LogP contribution is -2.20. The Bertz CT molecular complexity index is 170. The smallest absolute Gasteiger partial charge is 0.0642 e. The van der Waals surface area contributed by atoms with E-state index in [0.717, 1.165) is 12.0 Å². The second-order valence-electron chi connectivity index (χ2n) is 3.87. The fourth-order valence-electron chi connectivity index (χ4n) is 1.69. The van der Waals surface area contributed by atoms with E-state index in [9.17, 15) is 0 Å². The van der Waals surface area contributed by atoms with Crippen LogP contribution < -0.4 is 0 Å². The van der Waals surface area contributed by atoms with Crippen LogP contribution in [0.5, 0.6) is 0 Å². The summed E-state index contributed by atoms with van der Waals surface area (Å²) in [5, 5.41) is 17.9. The van der Waals surface area contributed by atoms with Gasteiger partial charge in [-0.1, -0.05) is 19.9 Å². The van der Waals surface area contributed by atoms with Gasteiger partial charge in [0.2, 0.25) is 0 Å². The Hall–Kier alpha value is -0.340. The second-order valence-corrected chi connectivity index (χ2v) is 3.87. The highest BCUT2D eigenvalue weighted by Gasteiger charge is 2.32. The van der Waals surface area contributed by atoms with Gasteiger partial charge in [-0.25, -0.2) is 0 Å². The number of hydrogen-bond donors (Lipinski definition) is 2. The fraction of sp³-hybridized carbons (Fsp3) is 0.778. The molecule has 2 heteroatoms. The molecule has 0 amide bonds.